The molecule has 0 aromatic heterocycles. The highest BCUT2D eigenvalue weighted by Gasteiger charge is 2.59. The van der Waals surface area contributed by atoms with E-state index in [-0.39, 0.29) is 17.2 Å². The van der Waals surface area contributed by atoms with Gasteiger partial charge >= 0.3 is 12.3 Å². The summed E-state index contributed by atoms with van der Waals surface area (Å²) < 4.78 is 85.0. The third-order valence-electron chi connectivity index (χ3n) is 7.10. The predicted molar refractivity (Wildman–Crippen MR) is 119 cm³/mol. The number of alkyl halides is 3. The van der Waals surface area contributed by atoms with Crippen molar-refractivity contribution in [2.45, 2.75) is 62.0 Å². The van der Waals surface area contributed by atoms with Gasteiger partial charge in [-0.3, -0.25) is 4.55 Å². The average Bonchev–Trinajstić information content (AvgIpc) is 3.39. The molecule has 2 heterocycles. The number of benzene rings is 1. The van der Waals surface area contributed by atoms with Gasteiger partial charge in [0, 0.05) is 10.5 Å². The lowest BCUT2D eigenvalue weighted by molar-refractivity contribution is -0.275. The first-order chi connectivity index (χ1) is 15.8. The molecule has 3 fully saturated rings. The van der Waals surface area contributed by atoms with Gasteiger partial charge in [0.15, 0.2) is 11.5 Å². The minimum atomic E-state index is -4.96. The lowest BCUT2D eigenvalue weighted by Crippen LogP contribution is -2.40. The highest BCUT2D eigenvalue weighted by Crippen LogP contribution is 2.63. The van der Waals surface area contributed by atoms with E-state index >= 15 is 0 Å². The summed E-state index contributed by atoms with van der Waals surface area (Å²) in [6.45, 7) is 3.36. The van der Waals surface area contributed by atoms with Crippen LogP contribution in [0.15, 0.2) is 18.2 Å². The first-order valence-corrected chi connectivity index (χ1v) is 13.7. The molecular formula is C22H27F3O7S2. The fourth-order valence-electron chi connectivity index (χ4n) is 5.46. The van der Waals surface area contributed by atoms with Gasteiger partial charge in [-0.2, -0.15) is 20.2 Å². The Kier molecular flexibility index (Phi) is 6.80. The Hall–Kier alpha value is -1.66. The Bertz CT molecular complexity index is 1020. The molecule has 4 unspecified atom stereocenters. The van der Waals surface area contributed by atoms with Crippen LogP contribution < -0.4 is 9.47 Å². The number of thioether (sulfide) groups is 1. The fourth-order valence-corrected chi connectivity index (χ4v) is 7.74. The van der Waals surface area contributed by atoms with Crippen LogP contribution in [0, 0.1) is 17.8 Å². The van der Waals surface area contributed by atoms with E-state index in [1.54, 1.807) is 0 Å². The Morgan fingerprint density at radius 3 is 2.32 bits per heavy atom. The number of esters is 1. The number of hydrogen-bond donors (Lipinski definition) is 1. The molecular weight excluding hydrogens is 497 g/mol. The van der Waals surface area contributed by atoms with Crippen molar-refractivity contribution in [2.24, 2.45) is 17.8 Å². The Labute approximate surface area is 200 Å². The first kappa shape index (κ1) is 25.4. The molecule has 2 saturated heterocycles. The van der Waals surface area contributed by atoms with Crippen molar-refractivity contribution in [3.63, 3.8) is 0 Å². The number of rotatable bonds is 8. The molecule has 34 heavy (non-hydrogen) atoms. The normalized spacial score (nSPS) is 30.4. The van der Waals surface area contributed by atoms with Gasteiger partial charge in [-0.25, -0.2) is 4.79 Å². The smallest absolute Gasteiger partial charge is 0.483 e. The molecule has 2 aliphatic heterocycles. The van der Waals surface area contributed by atoms with Crippen LogP contribution in [-0.2, 0) is 14.9 Å². The number of carbonyl (C=O) groups is 1. The molecule has 0 amide bonds. The van der Waals surface area contributed by atoms with Crippen LogP contribution in [0.5, 0.6) is 11.5 Å². The Balaban J connectivity index is 1.60. The fraction of sp³-hybridized carbons (Fsp3) is 0.682. The van der Waals surface area contributed by atoms with Crippen LogP contribution in [0.4, 0.5) is 13.2 Å². The van der Waals surface area contributed by atoms with Crippen LogP contribution in [0.2, 0.25) is 0 Å². The maximum absolute atomic E-state index is 13.1. The van der Waals surface area contributed by atoms with E-state index in [1.807, 2.05) is 25.6 Å². The summed E-state index contributed by atoms with van der Waals surface area (Å²) in [5.74, 6) is -1.61. The molecule has 1 N–H and O–H groups in total. The van der Waals surface area contributed by atoms with Crippen LogP contribution in [0.1, 0.15) is 49.9 Å². The summed E-state index contributed by atoms with van der Waals surface area (Å²) in [5.41, 5.74) is -0.818. The number of hydrogen-bond acceptors (Lipinski definition) is 7. The van der Waals surface area contributed by atoms with E-state index in [9.17, 15) is 26.4 Å². The van der Waals surface area contributed by atoms with Crippen molar-refractivity contribution in [1.82, 2.24) is 0 Å². The van der Waals surface area contributed by atoms with Crippen LogP contribution in [0.25, 0.3) is 0 Å². The third kappa shape index (κ3) is 5.43. The molecule has 1 aromatic rings. The summed E-state index contributed by atoms with van der Waals surface area (Å²) in [5, 5.41) is 1.10. The van der Waals surface area contributed by atoms with Crippen LogP contribution in [0.3, 0.4) is 0 Å². The van der Waals surface area contributed by atoms with Crippen molar-refractivity contribution in [3.8, 4) is 11.5 Å². The van der Waals surface area contributed by atoms with Crippen molar-refractivity contribution in [2.75, 3.05) is 12.4 Å². The van der Waals surface area contributed by atoms with E-state index in [0.29, 0.717) is 22.3 Å². The first-order valence-electron chi connectivity index (χ1n) is 11.1. The zero-order valence-corrected chi connectivity index (χ0v) is 20.3. The van der Waals surface area contributed by atoms with E-state index < -0.39 is 46.2 Å². The number of ether oxygens (including phenoxy) is 3. The monoisotopic (exact) mass is 524 g/mol. The number of fused-ring (bicyclic) bond motifs is 5. The van der Waals surface area contributed by atoms with Gasteiger partial charge in [0.05, 0.1) is 5.56 Å². The maximum Gasteiger partial charge on any atom is 0.573 e. The van der Waals surface area contributed by atoms with E-state index in [1.165, 1.54) is 0 Å². The topological polar surface area (TPSA) is 99.1 Å². The molecule has 1 aromatic carbocycles. The van der Waals surface area contributed by atoms with Gasteiger partial charge < -0.3 is 14.2 Å². The zero-order chi connectivity index (χ0) is 24.9. The highest BCUT2D eigenvalue weighted by atomic mass is 32.2. The Morgan fingerprint density at radius 2 is 1.79 bits per heavy atom. The minimum Gasteiger partial charge on any atom is -0.483 e. The van der Waals surface area contributed by atoms with E-state index in [0.717, 1.165) is 43.9 Å². The molecule has 7 nitrogen and oxygen atoms in total. The van der Waals surface area contributed by atoms with Gasteiger partial charge in [-0.15, -0.1) is 13.2 Å². The third-order valence-corrected chi connectivity index (χ3v) is 9.65. The lowest BCUT2D eigenvalue weighted by Gasteiger charge is -2.36. The molecule has 2 bridgehead atoms. The number of halogens is 3. The maximum atomic E-state index is 13.1. The van der Waals surface area contributed by atoms with Gasteiger partial charge in [0.2, 0.25) is 0 Å². The second-order valence-electron chi connectivity index (χ2n) is 9.48. The van der Waals surface area contributed by atoms with Crippen LogP contribution >= 0.6 is 11.8 Å². The van der Waals surface area contributed by atoms with Gasteiger partial charge in [0.25, 0.3) is 10.1 Å². The predicted octanol–water partition coefficient (Wildman–Crippen LogP) is 4.71. The van der Waals surface area contributed by atoms with E-state index in [2.05, 4.69) is 4.74 Å². The molecule has 1 saturated carbocycles. The lowest BCUT2D eigenvalue weighted by atomic mass is 9.82. The molecule has 0 spiro atoms. The second-order valence-corrected chi connectivity index (χ2v) is 12.5. The quantitative estimate of drug-likeness (QED) is 0.386. The van der Waals surface area contributed by atoms with Gasteiger partial charge in [-0.05, 0) is 61.6 Å². The average molecular weight is 525 g/mol. The summed E-state index contributed by atoms with van der Waals surface area (Å²) in [6.07, 6.45) is -1.21. The van der Waals surface area contributed by atoms with Crippen molar-refractivity contribution >= 4 is 27.8 Å². The zero-order valence-electron chi connectivity index (χ0n) is 18.7. The molecule has 190 valence electrons. The van der Waals surface area contributed by atoms with Crippen molar-refractivity contribution in [3.05, 3.63) is 23.8 Å². The van der Waals surface area contributed by atoms with Crippen molar-refractivity contribution in [1.29, 1.82) is 0 Å². The minimum absolute atomic E-state index is 0.00612. The molecule has 1 aliphatic carbocycles. The summed E-state index contributed by atoms with van der Waals surface area (Å²) >= 11 is 2.02. The molecule has 12 heteroatoms. The summed E-state index contributed by atoms with van der Waals surface area (Å²) in [7, 11) is -4.33. The molecule has 0 radical (unpaired) electrons. The largest absolute Gasteiger partial charge is 0.573 e. The molecule has 4 rings (SSSR count). The second kappa shape index (κ2) is 9.09. The SMILES string of the molecule is CC(C)C1(Oc2cc(C(=O)OCCS(=O)(=O)O)ccc2OC(F)(F)F)CC2C3CCC(S3)C2C1. The van der Waals surface area contributed by atoms with Gasteiger partial charge in [0.1, 0.15) is 18.0 Å². The molecule has 3 aliphatic rings. The van der Waals surface area contributed by atoms with E-state index in [4.69, 9.17) is 14.0 Å². The highest BCUT2D eigenvalue weighted by molar-refractivity contribution is 8.01. The standard InChI is InChI=1S/C22H27F3O7S2/c1-12(2)21(10-14-15(11-21)19-6-5-18(14)33-19)31-17-9-13(3-4-16(17)32-22(23,24)25)20(26)30-7-8-34(27,28)29/h3-4,9,12,14-15,18-19H,5-8,10-11H2,1-2H3,(H,27,28,29). The number of carbonyl (C=O) groups excluding carboxylic acids is 1. The van der Waals surface area contributed by atoms with Crippen LogP contribution in [-0.4, -0.2) is 53.8 Å². The van der Waals surface area contributed by atoms with Gasteiger partial charge in [-0.1, -0.05) is 13.8 Å². The van der Waals surface area contributed by atoms with Crippen molar-refractivity contribution < 1.29 is 45.1 Å². The summed E-state index contributed by atoms with van der Waals surface area (Å²) in [6, 6.07) is 3.22. The molecule has 4 atom stereocenters. The Morgan fingerprint density at radius 1 is 1.18 bits per heavy atom. The summed E-state index contributed by atoms with van der Waals surface area (Å²) in [4.78, 5) is 12.4.